The molecule has 32 heavy (non-hydrogen) atoms. The number of ether oxygens (including phenoxy) is 2. The lowest BCUT2D eigenvalue weighted by molar-refractivity contribution is -0.385. The highest BCUT2D eigenvalue weighted by molar-refractivity contribution is 5.69. The first-order valence-corrected chi connectivity index (χ1v) is 9.51. The molecule has 0 spiro atoms. The maximum Gasteiger partial charge on any atom is 0.519 e. The van der Waals surface area contributed by atoms with Crippen molar-refractivity contribution < 1.29 is 34.3 Å². The van der Waals surface area contributed by atoms with Gasteiger partial charge in [0.2, 0.25) is 0 Å². The molecular formula is C21H24N2O9. The summed E-state index contributed by atoms with van der Waals surface area (Å²) in [5, 5.41) is 41.6. The maximum absolute atomic E-state index is 12.5. The number of aliphatic hydroxyl groups is 2. The van der Waals surface area contributed by atoms with Crippen molar-refractivity contribution in [1.82, 2.24) is 0 Å². The van der Waals surface area contributed by atoms with Gasteiger partial charge in [0.15, 0.2) is 0 Å². The van der Waals surface area contributed by atoms with Gasteiger partial charge in [-0.05, 0) is 12.1 Å². The lowest BCUT2D eigenvalue weighted by Gasteiger charge is -2.25. The van der Waals surface area contributed by atoms with E-state index in [0.29, 0.717) is 0 Å². The average Bonchev–Trinajstić information content (AvgIpc) is 2.73. The average molecular weight is 448 g/mol. The van der Waals surface area contributed by atoms with Crippen molar-refractivity contribution >= 4 is 17.5 Å². The van der Waals surface area contributed by atoms with Gasteiger partial charge >= 0.3 is 6.16 Å². The Hall–Kier alpha value is -3.57. The molecule has 2 aromatic carbocycles. The molecule has 2 aromatic rings. The number of non-ortho nitro benzene ring substituents is 2. The zero-order valence-electron chi connectivity index (χ0n) is 18.0. The third-order valence-electron chi connectivity index (χ3n) is 4.98. The first-order chi connectivity index (χ1) is 14.8. The van der Waals surface area contributed by atoms with Gasteiger partial charge in [-0.1, -0.05) is 27.7 Å². The number of carbonyl (C=O) groups excluding carboxylic acids is 1. The number of benzene rings is 2. The molecule has 2 rings (SSSR count). The second kappa shape index (κ2) is 9.28. The van der Waals surface area contributed by atoms with E-state index >= 15 is 0 Å². The van der Waals surface area contributed by atoms with Crippen LogP contribution in [0.15, 0.2) is 36.4 Å². The second-order valence-electron chi connectivity index (χ2n) is 8.41. The number of hydrogen-bond acceptors (Lipinski definition) is 9. The second-order valence-corrected chi connectivity index (χ2v) is 8.41. The Morgan fingerprint density at radius 1 is 0.812 bits per heavy atom. The molecule has 0 aliphatic heterocycles. The van der Waals surface area contributed by atoms with Crippen LogP contribution in [0.5, 0.6) is 11.5 Å². The van der Waals surface area contributed by atoms with Crippen molar-refractivity contribution in [3.05, 3.63) is 67.8 Å². The van der Waals surface area contributed by atoms with Gasteiger partial charge in [-0.2, -0.15) is 0 Å². The Bertz CT molecular complexity index is 966. The van der Waals surface area contributed by atoms with Crippen LogP contribution in [0.2, 0.25) is 0 Å². The molecule has 0 unspecified atom stereocenters. The van der Waals surface area contributed by atoms with Gasteiger partial charge in [-0.15, -0.1) is 0 Å². The summed E-state index contributed by atoms with van der Waals surface area (Å²) in [6, 6.07) is 7.13. The molecule has 0 aromatic heterocycles. The molecule has 0 radical (unpaired) electrons. The van der Waals surface area contributed by atoms with Crippen LogP contribution in [0, 0.1) is 20.2 Å². The number of nitro benzene ring substituents is 2. The van der Waals surface area contributed by atoms with Crippen molar-refractivity contribution in [3.63, 3.8) is 0 Å². The van der Waals surface area contributed by atoms with Crippen LogP contribution < -0.4 is 9.47 Å². The fraction of sp³-hybridized carbons (Fsp3) is 0.381. The molecule has 0 heterocycles. The van der Waals surface area contributed by atoms with Gasteiger partial charge in [0.25, 0.3) is 11.4 Å². The monoisotopic (exact) mass is 448 g/mol. The van der Waals surface area contributed by atoms with Crippen molar-refractivity contribution in [2.75, 3.05) is 13.2 Å². The quantitative estimate of drug-likeness (QED) is 0.266. The van der Waals surface area contributed by atoms with E-state index in [1.165, 1.54) is 24.3 Å². The summed E-state index contributed by atoms with van der Waals surface area (Å²) in [7, 11) is 0. The Labute approximate surface area is 183 Å². The molecule has 11 nitrogen and oxygen atoms in total. The van der Waals surface area contributed by atoms with Crippen molar-refractivity contribution in [2.24, 2.45) is 0 Å². The minimum Gasteiger partial charge on any atom is -0.395 e. The smallest absolute Gasteiger partial charge is 0.395 e. The molecule has 0 aliphatic carbocycles. The first kappa shape index (κ1) is 24.7. The van der Waals surface area contributed by atoms with Crippen molar-refractivity contribution in [2.45, 2.75) is 38.5 Å². The zero-order chi connectivity index (χ0) is 24.3. The van der Waals surface area contributed by atoms with E-state index in [1.54, 1.807) is 27.7 Å². The van der Waals surface area contributed by atoms with Crippen LogP contribution in [0.4, 0.5) is 16.2 Å². The molecule has 11 heteroatoms. The standard InChI is InChI=1S/C21H24N2O9/c1-20(2,11-24)15-9-13(22(27)28)5-7-17(15)31-19(26)32-18-8-6-14(23(29)30)10-16(18)21(3,4)12-25/h5-10,24-25H,11-12H2,1-4H3. The summed E-state index contributed by atoms with van der Waals surface area (Å²) in [6.07, 6.45) is -1.20. The number of nitro groups is 2. The molecule has 0 atom stereocenters. The summed E-state index contributed by atoms with van der Waals surface area (Å²) in [5.41, 5.74) is -2.01. The van der Waals surface area contributed by atoms with Gasteiger partial charge in [0.1, 0.15) is 11.5 Å². The number of carbonyl (C=O) groups is 1. The molecule has 0 aliphatic rings. The predicted molar refractivity (Wildman–Crippen MR) is 113 cm³/mol. The van der Waals surface area contributed by atoms with Gasteiger partial charge in [-0.3, -0.25) is 20.2 Å². The number of aliphatic hydroxyl groups excluding tert-OH is 2. The van der Waals surface area contributed by atoms with Crippen molar-refractivity contribution in [3.8, 4) is 11.5 Å². The lowest BCUT2D eigenvalue weighted by Crippen LogP contribution is -2.26. The SMILES string of the molecule is CC(C)(CO)c1cc([N+](=O)[O-])ccc1OC(=O)Oc1ccc([N+](=O)[O-])cc1C(C)(C)CO. The molecule has 0 amide bonds. The minimum atomic E-state index is -1.20. The highest BCUT2D eigenvalue weighted by Crippen LogP contribution is 2.37. The van der Waals surface area contributed by atoms with E-state index < -0.39 is 26.8 Å². The van der Waals surface area contributed by atoms with Crippen LogP contribution in [-0.4, -0.2) is 39.4 Å². The van der Waals surface area contributed by atoms with Crippen molar-refractivity contribution in [1.29, 1.82) is 0 Å². The number of hydrogen-bond donors (Lipinski definition) is 2. The van der Waals surface area contributed by atoms with E-state index in [1.807, 2.05) is 0 Å². The molecule has 0 fully saturated rings. The topological polar surface area (TPSA) is 162 Å². The minimum absolute atomic E-state index is 0.0514. The summed E-state index contributed by atoms with van der Waals surface area (Å²) < 4.78 is 10.5. The number of nitrogens with zero attached hydrogens (tertiary/aromatic N) is 2. The van der Waals surface area contributed by atoms with Gasteiger partial charge in [0, 0.05) is 46.2 Å². The molecule has 0 saturated heterocycles. The van der Waals surface area contributed by atoms with Crippen LogP contribution in [-0.2, 0) is 10.8 Å². The van der Waals surface area contributed by atoms with Gasteiger partial charge < -0.3 is 19.7 Å². The van der Waals surface area contributed by atoms with E-state index in [2.05, 4.69) is 0 Å². The Morgan fingerprint density at radius 3 is 1.44 bits per heavy atom. The summed E-state index contributed by atoms with van der Waals surface area (Å²) in [4.78, 5) is 33.5. The van der Waals surface area contributed by atoms with Crippen LogP contribution >= 0.6 is 0 Å². The summed E-state index contributed by atoms with van der Waals surface area (Å²) in [6.45, 7) is 5.70. The van der Waals surface area contributed by atoms with Gasteiger partial charge in [-0.25, -0.2) is 4.79 Å². The zero-order valence-corrected chi connectivity index (χ0v) is 18.0. The normalized spacial score (nSPS) is 11.7. The molecular weight excluding hydrogens is 424 g/mol. The Balaban J connectivity index is 2.41. The third-order valence-corrected chi connectivity index (χ3v) is 4.98. The summed E-state index contributed by atoms with van der Waals surface area (Å²) >= 11 is 0. The maximum atomic E-state index is 12.5. The van der Waals surface area contributed by atoms with E-state index in [0.717, 1.165) is 12.1 Å². The molecule has 172 valence electrons. The number of rotatable bonds is 8. The van der Waals surface area contributed by atoms with Gasteiger partial charge in [0.05, 0.1) is 23.1 Å². The van der Waals surface area contributed by atoms with Crippen LogP contribution in [0.1, 0.15) is 38.8 Å². The third kappa shape index (κ3) is 5.37. The predicted octanol–water partition coefficient (Wildman–Crippen LogP) is 3.62. The highest BCUT2D eigenvalue weighted by Gasteiger charge is 2.30. The van der Waals surface area contributed by atoms with E-state index in [4.69, 9.17) is 9.47 Å². The Kier molecular flexibility index (Phi) is 7.17. The molecule has 2 N–H and O–H groups in total. The first-order valence-electron chi connectivity index (χ1n) is 9.51. The fourth-order valence-electron chi connectivity index (χ4n) is 2.87. The molecule has 0 bridgehead atoms. The van der Waals surface area contributed by atoms with E-state index in [9.17, 15) is 35.2 Å². The largest absolute Gasteiger partial charge is 0.519 e. The van der Waals surface area contributed by atoms with Crippen LogP contribution in [0.3, 0.4) is 0 Å². The van der Waals surface area contributed by atoms with Crippen LogP contribution in [0.25, 0.3) is 0 Å². The Morgan fingerprint density at radius 2 is 1.16 bits per heavy atom. The fourth-order valence-corrected chi connectivity index (χ4v) is 2.87. The molecule has 0 saturated carbocycles. The lowest BCUT2D eigenvalue weighted by atomic mass is 9.84. The van der Waals surface area contributed by atoms with E-state index in [-0.39, 0.29) is 47.2 Å². The summed E-state index contributed by atoms with van der Waals surface area (Å²) in [5.74, 6) is -0.103. The highest BCUT2D eigenvalue weighted by atomic mass is 16.7.